The Labute approximate surface area is 157 Å². The minimum absolute atomic E-state index is 0.146. The lowest BCUT2D eigenvalue weighted by atomic mass is 10.1. The van der Waals surface area contributed by atoms with Gasteiger partial charge in [-0.05, 0) is 35.7 Å². The third-order valence-corrected chi connectivity index (χ3v) is 4.78. The molecule has 0 saturated carbocycles. The van der Waals surface area contributed by atoms with Crippen molar-refractivity contribution >= 4 is 45.4 Å². The van der Waals surface area contributed by atoms with Gasteiger partial charge in [-0.2, -0.15) is 11.3 Å². The molecule has 0 aliphatic carbocycles. The highest BCUT2D eigenvalue weighted by atomic mass is 35.5. The van der Waals surface area contributed by atoms with Crippen LogP contribution in [0.1, 0.15) is 12.3 Å². The summed E-state index contributed by atoms with van der Waals surface area (Å²) in [4.78, 5) is 16.6. The van der Waals surface area contributed by atoms with Crippen molar-refractivity contribution in [3.05, 3.63) is 58.2 Å². The molecule has 0 saturated heterocycles. The molecule has 0 spiro atoms. The number of carbonyl (C=O) groups excluding carboxylic acids is 1. The summed E-state index contributed by atoms with van der Waals surface area (Å²) in [5, 5.41) is 16.1. The number of hydrogen-bond donors (Lipinski definition) is 1. The maximum Gasteiger partial charge on any atom is 0.248 e. The van der Waals surface area contributed by atoms with Crippen molar-refractivity contribution in [3.63, 3.8) is 0 Å². The SMILES string of the molecule is O=C(CCc1nnc(-c2ccsc2)o1)Nc1ccc(Cl)c2ncccc12. The zero-order chi connectivity index (χ0) is 17.9. The van der Waals surface area contributed by atoms with E-state index in [4.69, 9.17) is 16.0 Å². The molecular weight excluding hydrogens is 372 g/mol. The van der Waals surface area contributed by atoms with Gasteiger partial charge in [0.05, 0.1) is 16.2 Å². The fourth-order valence-electron chi connectivity index (χ4n) is 2.54. The molecule has 0 fully saturated rings. The molecule has 0 aliphatic rings. The van der Waals surface area contributed by atoms with E-state index in [1.54, 1.807) is 35.7 Å². The van der Waals surface area contributed by atoms with Gasteiger partial charge in [-0.3, -0.25) is 9.78 Å². The zero-order valence-electron chi connectivity index (χ0n) is 13.5. The first-order valence-electron chi connectivity index (χ1n) is 7.89. The van der Waals surface area contributed by atoms with Crippen molar-refractivity contribution in [3.8, 4) is 11.5 Å². The molecule has 130 valence electrons. The van der Waals surface area contributed by atoms with Gasteiger partial charge in [-0.15, -0.1) is 10.2 Å². The number of benzene rings is 1. The van der Waals surface area contributed by atoms with Crippen LogP contribution in [0.3, 0.4) is 0 Å². The normalized spacial score (nSPS) is 11.0. The molecule has 4 rings (SSSR count). The Bertz CT molecular complexity index is 1060. The fraction of sp³-hybridized carbons (Fsp3) is 0.111. The van der Waals surface area contributed by atoms with E-state index in [2.05, 4.69) is 20.5 Å². The third kappa shape index (κ3) is 3.44. The minimum Gasteiger partial charge on any atom is -0.421 e. The van der Waals surface area contributed by atoms with Crippen LogP contribution in [0.2, 0.25) is 5.02 Å². The van der Waals surface area contributed by atoms with Gasteiger partial charge in [0.2, 0.25) is 17.7 Å². The fourth-order valence-corrected chi connectivity index (χ4v) is 3.38. The van der Waals surface area contributed by atoms with Crippen LogP contribution in [-0.2, 0) is 11.2 Å². The van der Waals surface area contributed by atoms with E-state index in [-0.39, 0.29) is 12.3 Å². The topological polar surface area (TPSA) is 80.9 Å². The standard InChI is InChI=1S/C18H13ClN4O2S/c19-13-3-4-14(12-2-1-8-20-17(12)13)21-15(24)5-6-16-22-23-18(25-16)11-7-9-26-10-11/h1-4,7-10H,5-6H2,(H,21,24). The summed E-state index contributed by atoms with van der Waals surface area (Å²) in [6, 6.07) is 9.07. The second kappa shape index (κ2) is 7.23. The van der Waals surface area contributed by atoms with Crippen molar-refractivity contribution < 1.29 is 9.21 Å². The van der Waals surface area contributed by atoms with Gasteiger partial charge in [0, 0.05) is 35.4 Å². The van der Waals surface area contributed by atoms with E-state index < -0.39 is 0 Å². The molecule has 1 amide bonds. The first-order valence-corrected chi connectivity index (χ1v) is 9.21. The number of nitrogens with zero attached hydrogens (tertiary/aromatic N) is 3. The number of amides is 1. The molecule has 0 radical (unpaired) electrons. The van der Waals surface area contributed by atoms with Crippen molar-refractivity contribution in [2.75, 3.05) is 5.32 Å². The van der Waals surface area contributed by atoms with Gasteiger partial charge >= 0.3 is 0 Å². The van der Waals surface area contributed by atoms with Gasteiger partial charge in [0.15, 0.2) is 0 Å². The van der Waals surface area contributed by atoms with Gasteiger partial charge < -0.3 is 9.73 Å². The lowest BCUT2D eigenvalue weighted by Gasteiger charge is -2.08. The van der Waals surface area contributed by atoms with Crippen LogP contribution in [0.15, 0.2) is 51.7 Å². The summed E-state index contributed by atoms with van der Waals surface area (Å²) in [7, 11) is 0. The highest BCUT2D eigenvalue weighted by molar-refractivity contribution is 7.08. The quantitative estimate of drug-likeness (QED) is 0.545. The summed E-state index contributed by atoms with van der Waals surface area (Å²) in [6.45, 7) is 0. The lowest BCUT2D eigenvalue weighted by Crippen LogP contribution is -2.12. The van der Waals surface area contributed by atoms with E-state index in [1.807, 2.05) is 22.9 Å². The third-order valence-electron chi connectivity index (χ3n) is 3.80. The molecule has 6 nitrogen and oxygen atoms in total. The molecule has 3 heterocycles. The molecular formula is C18H13ClN4O2S. The van der Waals surface area contributed by atoms with Crippen LogP contribution in [0.4, 0.5) is 5.69 Å². The number of thiophene rings is 1. The predicted molar refractivity (Wildman–Crippen MR) is 101 cm³/mol. The van der Waals surface area contributed by atoms with Crippen molar-refractivity contribution in [1.82, 2.24) is 15.2 Å². The van der Waals surface area contributed by atoms with E-state index in [0.717, 1.165) is 10.9 Å². The summed E-state index contributed by atoms with van der Waals surface area (Å²) in [5.74, 6) is 0.758. The average Bonchev–Trinajstić information content (AvgIpc) is 3.34. The maximum absolute atomic E-state index is 12.3. The Balaban J connectivity index is 1.43. The number of rotatable bonds is 5. The number of aromatic nitrogens is 3. The number of fused-ring (bicyclic) bond motifs is 1. The summed E-state index contributed by atoms with van der Waals surface area (Å²) >= 11 is 7.71. The molecule has 0 aliphatic heterocycles. The number of anilines is 1. The van der Waals surface area contributed by atoms with Crippen LogP contribution in [0, 0.1) is 0 Å². The Morgan fingerprint density at radius 1 is 1.23 bits per heavy atom. The Hall–Kier alpha value is -2.77. The Morgan fingerprint density at radius 2 is 2.15 bits per heavy atom. The van der Waals surface area contributed by atoms with Gasteiger partial charge in [0.25, 0.3) is 0 Å². The second-order valence-corrected chi connectivity index (χ2v) is 6.74. The van der Waals surface area contributed by atoms with E-state index in [1.165, 1.54) is 0 Å². The van der Waals surface area contributed by atoms with Gasteiger partial charge in [-0.25, -0.2) is 0 Å². The van der Waals surface area contributed by atoms with Crippen LogP contribution >= 0.6 is 22.9 Å². The first kappa shape index (κ1) is 16.7. The highest BCUT2D eigenvalue weighted by Crippen LogP contribution is 2.28. The molecule has 3 aromatic heterocycles. The lowest BCUT2D eigenvalue weighted by molar-refractivity contribution is -0.116. The molecule has 26 heavy (non-hydrogen) atoms. The smallest absolute Gasteiger partial charge is 0.248 e. The van der Waals surface area contributed by atoms with Crippen LogP contribution in [0.25, 0.3) is 22.4 Å². The molecule has 4 aromatic rings. The summed E-state index contributed by atoms with van der Waals surface area (Å²) in [6.07, 6.45) is 2.27. The molecule has 1 N–H and O–H groups in total. The van der Waals surface area contributed by atoms with Crippen molar-refractivity contribution in [1.29, 1.82) is 0 Å². The Kier molecular flexibility index (Phi) is 4.64. The van der Waals surface area contributed by atoms with Crippen molar-refractivity contribution in [2.45, 2.75) is 12.8 Å². The summed E-state index contributed by atoms with van der Waals surface area (Å²) < 4.78 is 5.59. The largest absolute Gasteiger partial charge is 0.421 e. The molecule has 0 bridgehead atoms. The molecule has 8 heteroatoms. The van der Waals surface area contributed by atoms with Crippen LogP contribution in [-0.4, -0.2) is 21.1 Å². The summed E-state index contributed by atoms with van der Waals surface area (Å²) in [5.41, 5.74) is 2.22. The molecule has 1 aromatic carbocycles. The number of pyridine rings is 1. The highest BCUT2D eigenvalue weighted by Gasteiger charge is 2.12. The number of hydrogen-bond acceptors (Lipinski definition) is 6. The first-order chi connectivity index (χ1) is 12.7. The number of halogens is 1. The molecule has 0 unspecified atom stereocenters. The van der Waals surface area contributed by atoms with Gasteiger partial charge in [-0.1, -0.05) is 11.6 Å². The number of aryl methyl sites for hydroxylation is 1. The molecule has 0 atom stereocenters. The minimum atomic E-state index is -0.146. The second-order valence-electron chi connectivity index (χ2n) is 5.56. The monoisotopic (exact) mass is 384 g/mol. The number of carbonyl (C=O) groups is 1. The van der Waals surface area contributed by atoms with Crippen LogP contribution < -0.4 is 5.32 Å². The predicted octanol–water partition coefficient (Wildman–Crippen LogP) is 4.57. The average molecular weight is 385 g/mol. The van der Waals surface area contributed by atoms with E-state index in [9.17, 15) is 4.79 Å². The van der Waals surface area contributed by atoms with E-state index >= 15 is 0 Å². The van der Waals surface area contributed by atoms with Crippen molar-refractivity contribution in [2.24, 2.45) is 0 Å². The number of nitrogens with one attached hydrogen (secondary N) is 1. The Morgan fingerprint density at radius 3 is 3.00 bits per heavy atom. The maximum atomic E-state index is 12.3. The van der Waals surface area contributed by atoms with Crippen LogP contribution in [0.5, 0.6) is 0 Å². The van der Waals surface area contributed by atoms with Gasteiger partial charge in [0.1, 0.15) is 0 Å². The van der Waals surface area contributed by atoms with E-state index in [0.29, 0.717) is 34.4 Å². The zero-order valence-corrected chi connectivity index (χ0v) is 15.0.